The highest BCUT2D eigenvalue weighted by atomic mass is 16.5. The quantitative estimate of drug-likeness (QED) is 0.753. The number of hydrogen-bond donors (Lipinski definition) is 1. The molecule has 2 aliphatic heterocycles. The number of aliphatic carboxylic acids is 1. The first kappa shape index (κ1) is 20.0. The van der Waals surface area contributed by atoms with Gasteiger partial charge in [0.2, 0.25) is 0 Å². The molecule has 1 N–H and O–H groups in total. The van der Waals surface area contributed by atoms with Crippen LogP contribution in [0.2, 0.25) is 0 Å². The molecule has 1 aromatic rings. The first-order valence-corrected chi connectivity index (χ1v) is 10.0. The fourth-order valence-corrected chi connectivity index (χ4v) is 4.37. The molecule has 27 heavy (non-hydrogen) atoms. The lowest BCUT2D eigenvalue weighted by atomic mass is 9.89. The van der Waals surface area contributed by atoms with Crippen LogP contribution in [0.3, 0.4) is 0 Å². The van der Waals surface area contributed by atoms with Gasteiger partial charge in [-0.05, 0) is 82.4 Å². The standard InChI is InChI=1S/C21H32N2O4/c1-16(23-9-3-4-10-23)18-7-11-22(12-8-18)14-17-5-6-19(26-2)20(13-17)27-15-21(24)25/h5-6,13,16,18H,3-4,7-12,14-15H2,1-2H3,(H,24,25). The molecular weight excluding hydrogens is 344 g/mol. The summed E-state index contributed by atoms with van der Waals surface area (Å²) < 4.78 is 10.7. The van der Waals surface area contributed by atoms with E-state index in [0.717, 1.165) is 31.1 Å². The molecule has 0 saturated carbocycles. The van der Waals surface area contributed by atoms with Gasteiger partial charge in [0, 0.05) is 12.6 Å². The van der Waals surface area contributed by atoms with Crippen molar-refractivity contribution in [2.45, 2.75) is 45.2 Å². The maximum Gasteiger partial charge on any atom is 0.341 e. The minimum atomic E-state index is -0.989. The van der Waals surface area contributed by atoms with E-state index in [0.29, 0.717) is 17.5 Å². The van der Waals surface area contributed by atoms with Crippen molar-refractivity contribution in [1.82, 2.24) is 9.80 Å². The van der Waals surface area contributed by atoms with E-state index in [-0.39, 0.29) is 6.61 Å². The first-order valence-electron chi connectivity index (χ1n) is 10.0. The van der Waals surface area contributed by atoms with Crippen molar-refractivity contribution in [2.24, 2.45) is 5.92 Å². The minimum absolute atomic E-state index is 0.362. The molecule has 150 valence electrons. The highest BCUT2D eigenvalue weighted by Crippen LogP contribution is 2.30. The monoisotopic (exact) mass is 376 g/mol. The Morgan fingerprint density at radius 2 is 1.89 bits per heavy atom. The van der Waals surface area contributed by atoms with Crippen LogP contribution in [0, 0.1) is 5.92 Å². The van der Waals surface area contributed by atoms with Gasteiger partial charge in [-0.3, -0.25) is 4.90 Å². The average Bonchev–Trinajstić information content (AvgIpc) is 3.21. The Hall–Kier alpha value is -1.79. The first-order chi connectivity index (χ1) is 13.1. The molecule has 0 aliphatic carbocycles. The second-order valence-electron chi connectivity index (χ2n) is 7.76. The van der Waals surface area contributed by atoms with Crippen molar-refractivity contribution in [3.05, 3.63) is 23.8 Å². The number of hydrogen-bond acceptors (Lipinski definition) is 5. The molecule has 0 aromatic heterocycles. The van der Waals surface area contributed by atoms with Crippen LogP contribution in [-0.2, 0) is 11.3 Å². The lowest BCUT2D eigenvalue weighted by Gasteiger charge is -2.38. The van der Waals surface area contributed by atoms with E-state index < -0.39 is 5.97 Å². The second kappa shape index (κ2) is 9.42. The van der Waals surface area contributed by atoms with E-state index in [9.17, 15) is 4.79 Å². The molecule has 2 heterocycles. The maximum absolute atomic E-state index is 10.8. The van der Waals surface area contributed by atoms with E-state index in [1.165, 1.54) is 38.8 Å². The van der Waals surface area contributed by atoms with Gasteiger partial charge in [0.05, 0.1) is 7.11 Å². The molecule has 0 radical (unpaired) electrons. The van der Waals surface area contributed by atoms with Gasteiger partial charge < -0.3 is 19.5 Å². The Morgan fingerprint density at radius 1 is 1.19 bits per heavy atom. The van der Waals surface area contributed by atoms with Crippen LogP contribution in [0.15, 0.2) is 18.2 Å². The van der Waals surface area contributed by atoms with Gasteiger partial charge in [-0.25, -0.2) is 4.79 Å². The number of piperidine rings is 1. The molecule has 1 atom stereocenters. The zero-order valence-electron chi connectivity index (χ0n) is 16.5. The summed E-state index contributed by atoms with van der Waals surface area (Å²) in [5, 5.41) is 8.84. The smallest absolute Gasteiger partial charge is 0.341 e. The number of rotatable bonds is 8. The molecule has 6 heteroatoms. The maximum atomic E-state index is 10.8. The lowest BCUT2D eigenvalue weighted by Crippen LogP contribution is -2.42. The number of carboxylic acids is 1. The molecule has 1 aromatic carbocycles. The normalized spacial score (nSPS) is 20.5. The summed E-state index contributed by atoms with van der Waals surface area (Å²) in [6.45, 7) is 7.66. The van der Waals surface area contributed by atoms with Crippen molar-refractivity contribution in [2.75, 3.05) is 39.9 Å². The number of carbonyl (C=O) groups is 1. The van der Waals surface area contributed by atoms with Gasteiger partial charge in [-0.15, -0.1) is 0 Å². The Bertz CT molecular complexity index is 623. The molecule has 2 fully saturated rings. The van der Waals surface area contributed by atoms with E-state index in [1.54, 1.807) is 7.11 Å². The Balaban J connectivity index is 1.53. The number of nitrogens with zero attached hydrogens (tertiary/aromatic N) is 2. The highest BCUT2D eigenvalue weighted by molar-refractivity contribution is 5.68. The van der Waals surface area contributed by atoms with Crippen molar-refractivity contribution in [1.29, 1.82) is 0 Å². The fourth-order valence-electron chi connectivity index (χ4n) is 4.37. The highest BCUT2D eigenvalue weighted by Gasteiger charge is 2.29. The van der Waals surface area contributed by atoms with E-state index in [1.807, 2.05) is 18.2 Å². The van der Waals surface area contributed by atoms with Gasteiger partial charge in [0.25, 0.3) is 0 Å². The van der Waals surface area contributed by atoms with Gasteiger partial charge in [-0.2, -0.15) is 0 Å². The number of benzene rings is 1. The Labute approximate surface area is 162 Å². The zero-order valence-corrected chi connectivity index (χ0v) is 16.5. The van der Waals surface area contributed by atoms with Crippen LogP contribution < -0.4 is 9.47 Å². The van der Waals surface area contributed by atoms with Crippen LogP contribution in [0.4, 0.5) is 0 Å². The van der Waals surface area contributed by atoms with Crippen molar-refractivity contribution < 1.29 is 19.4 Å². The summed E-state index contributed by atoms with van der Waals surface area (Å²) in [6.07, 6.45) is 5.20. The van der Waals surface area contributed by atoms with Crippen LogP contribution in [0.5, 0.6) is 11.5 Å². The minimum Gasteiger partial charge on any atom is -0.493 e. The van der Waals surface area contributed by atoms with Crippen molar-refractivity contribution in [3.8, 4) is 11.5 Å². The van der Waals surface area contributed by atoms with Crippen LogP contribution in [0.25, 0.3) is 0 Å². The number of methoxy groups -OCH3 is 1. The fraction of sp³-hybridized carbons (Fsp3) is 0.667. The summed E-state index contributed by atoms with van der Waals surface area (Å²) in [5.41, 5.74) is 1.13. The summed E-state index contributed by atoms with van der Waals surface area (Å²) >= 11 is 0. The molecule has 2 aliphatic rings. The SMILES string of the molecule is COc1ccc(CN2CCC(C(C)N3CCCC3)CC2)cc1OCC(=O)O. The Kier molecular flexibility index (Phi) is 6.96. The van der Waals surface area contributed by atoms with E-state index >= 15 is 0 Å². The van der Waals surface area contributed by atoms with E-state index in [4.69, 9.17) is 14.6 Å². The summed E-state index contributed by atoms with van der Waals surface area (Å²) in [7, 11) is 1.56. The van der Waals surface area contributed by atoms with Gasteiger partial charge in [0.1, 0.15) is 0 Å². The number of likely N-dealkylation sites (tertiary alicyclic amines) is 2. The van der Waals surface area contributed by atoms with E-state index in [2.05, 4.69) is 16.7 Å². The Morgan fingerprint density at radius 3 is 2.52 bits per heavy atom. The average molecular weight is 376 g/mol. The third-order valence-corrected chi connectivity index (χ3v) is 6.02. The predicted octanol–water partition coefficient (Wildman–Crippen LogP) is 2.85. The molecule has 6 nitrogen and oxygen atoms in total. The van der Waals surface area contributed by atoms with Gasteiger partial charge >= 0.3 is 5.97 Å². The molecule has 3 rings (SSSR count). The molecule has 0 spiro atoms. The lowest BCUT2D eigenvalue weighted by molar-refractivity contribution is -0.139. The predicted molar refractivity (Wildman–Crippen MR) is 104 cm³/mol. The summed E-state index contributed by atoms with van der Waals surface area (Å²) in [4.78, 5) is 15.9. The van der Waals surface area contributed by atoms with Gasteiger partial charge in [0.15, 0.2) is 18.1 Å². The molecule has 2 saturated heterocycles. The number of ether oxygens (including phenoxy) is 2. The third-order valence-electron chi connectivity index (χ3n) is 6.02. The molecular formula is C21H32N2O4. The molecule has 0 amide bonds. The second-order valence-corrected chi connectivity index (χ2v) is 7.76. The third kappa shape index (κ3) is 5.36. The molecule has 1 unspecified atom stereocenters. The van der Waals surface area contributed by atoms with Crippen LogP contribution in [-0.4, -0.2) is 66.8 Å². The van der Waals surface area contributed by atoms with Crippen molar-refractivity contribution >= 4 is 5.97 Å². The number of carboxylic acid groups (broad SMARTS) is 1. The van der Waals surface area contributed by atoms with Crippen LogP contribution in [0.1, 0.15) is 38.2 Å². The van der Waals surface area contributed by atoms with Gasteiger partial charge in [-0.1, -0.05) is 6.07 Å². The summed E-state index contributed by atoms with van der Waals surface area (Å²) in [5.74, 6) is 0.870. The zero-order chi connectivity index (χ0) is 19.2. The van der Waals surface area contributed by atoms with Crippen molar-refractivity contribution in [3.63, 3.8) is 0 Å². The summed E-state index contributed by atoms with van der Waals surface area (Å²) in [6, 6.07) is 6.49. The largest absolute Gasteiger partial charge is 0.493 e. The topological polar surface area (TPSA) is 62.2 Å². The molecule has 0 bridgehead atoms. The van der Waals surface area contributed by atoms with Crippen LogP contribution >= 0.6 is 0 Å².